The monoisotopic (exact) mass is 248 g/mol. The maximum absolute atomic E-state index is 13.7. The van der Waals surface area contributed by atoms with Crippen LogP contribution in [-0.2, 0) is 11.3 Å². The molecule has 2 rings (SSSR count). The molecular weight excluding hydrogens is 231 g/mol. The lowest BCUT2D eigenvalue weighted by atomic mass is 10.1. The van der Waals surface area contributed by atoms with Crippen molar-refractivity contribution in [2.24, 2.45) is 0 Å². The van der Waals surface area contributed by atoms with E-state index in [0.29, 0.717) is 24.3 Å². The Morgan fingerprint density at radius 1 is 1.50 bits per heavy atom. The molecule has 96 valence electrons. The second kappa shape index (κ2) is 5.47. The van der Waals surface area contributed by atoms with E-state index < -0.39 is 0 Å². The van der Waals surface area contributed by atoms with Crippen LogP contribution in [0.15, 0.2) is 18.2 Å². The number of morpholine rings is 1. The summed E-state index contributed by atoms with van der Waals surface area (Å²) < 4.78 is 19.3. The Balaban J connectivity index is 2.15. The number of hydrogen-bond acceptors (Lipinski definition) is 3. The molecule has 0 spiro atoms. The third-order valence-electron chi connectivity index (χ3n) is 3.29. The largest absolute Gasteiger partial charge is 0.376 e. The number of nitrogens with zero attached hydrogens (tertiary/aromatic N) is 2. The molecule has 1 aliphatic heterocycles. The average molecular weight is 248 g/mol. The van der Waals surface area contributed by atoms with Gasteiger partial charge in [-0.25, -0.2) is 4.39 Å². The van der Waals surface area contributed by atoms with Gasteiger partial charge in [-0.3, -0.25) is 4.90 Å². The first-order chi connectivity index (χ1) is 8.60. The molecule has 1 heterocycles. The minimum Gasteiger partial charge on any atom is -0.376 e. The van der Waals surface area contributed by atoms with Crippen molar-refractivity contribution in [2.45, 2.75) is 32.5 Å². The normalized spacial score (nSPS) is 24.8. The van der Waals surface area contributed by atoms with Crippen LogP contribution in [-0.4, -0.2) is 30.2 Å². The van der Waals surface area contributed by atoms with Gasteiger partial charge in [-0.15, -0.1) is 0 Å². The zero-order valence-corrected chi connectivity index (χ0v) is 10.7. The second-order valence-corrected chi connectivity index (χ2v) is 4.84. The first kappa shape index (κ1) is 13.0. The predicted molar refractivity (Wildman–Crippen MR) is 66.4 cm³/mol. The third-order valence-corrected chi connectivity index (χ3v) is 3.29. The molecule has 0 bridgehead atoms. The third kappa shape index (κ3) is 2.87. The Kier molecular flexibility index (Phi) is 3.95. The van der Waals surface area contributed by atoms with Gasteiger partial charge in [0.15, 0.2) is 0 Å². The first-order valence-corrected chi connectivity index (χ1v) is 6.14. The van der Waals surface area contributed by atoms with E-state index in [0.717, 1.165) is 6.54 Å². The SMILES string of the molecule is C[C@@H]1CN(Cc2cc(C#N)ccc2F)[C@H](C)CO1. The number of benzene rings is 1. The highest BCUT2D eigenvalue weighted by atomic mass is 19.1. The fraction of sp³-hybridized carbons (Fsp3) is 0.500. The lowest BCUT2D eigenvalue weighted by molar-refractivity contribution is -0.0529. The summed E-state index contributed by atoms with van der Waals surface area (Å²) >= 11 is 0. The number of halogens is 1. The quantitative estimate of drug-likeness (QED) is 0.805. The fourth-order valence-corrected chi connectivity index (χ4v) is 2.18. The van der Waals surface area contributed by atoms with E-state index in [2.05, 4.69) is 11.8 Å². The molecule has 4 heteroatoms. The highest BCUT2D eigenvalue weighted by Gasteiger charge is 2.24. The van der Waals surface area contributed by atoms with Gasteiger partial charge in [0.1, 0.15) is 5.82 Å². The summed E-state index contributed by atoms with van der Waals surface area (Å²) in [6.45, 7) is 6.06. The zero-order chi connectivity index (χ0) is 13.1. The molecule has 1 fully saturated rings. The van der Waals surface area contributed by atoms with Crippen molar-refractivity contribution in [3.63, 3.8) is 0 Å². The van der Waals surface area contributed by atoms with Crippen LogP contribution in [0.3, 0.4) is 0 Å². The van der Waals surface area contributed by atoms with Crippen LogP contribution < -0.4 is 0 Å². The molecule has 0 aliphatic carbocycles. The van der Waals surface area contributed by atoms with E-state index in [1.54, 1.807) is 6.07 Å². The highest BCUT2D eigenvalue weighted by molar-refractivity contribution is 5.33. The summed E-state index contributed by atoms with van der Waals surface area (Å²) in [5.41, 5.74) is 1.08. The number of ether oxygens (including phenoxy) is 1. The molecule has 1 saturated heterocycles. The van der Waals surface area contributed by atoms with Gasteiger partial charge < -0.3 is 4.74 Å². The molecule has 1 aromatic carbocycles. The molecule has 0 unspecified atom stereocenters. The van der Waals surface area contributed by atoms with E-state index in [1.807, 2.05) is 13.0 Å². The molecule has 0 N–H and O–H groups in total. The minimum absolute atomic E-state index is 0.170. The number of rotatable bonds is 2. The van der Waals surface area contributed by atoms with Crippen LogP contribution in [0.25, 0.3) is 0 Å². The van der Waals surface area contributed by atoms with Crippen molar-refractivity contribution < 1.29 is 9.13 Å². The molecule has 0 aromatic heterocycles. The molecule has 1 aliphatic rings. The topological polar surface area (TPSA) is 36.3 Å². The van der Waals surface area contributed by atoms with Crippen LogP contribution in [0.4, 0.5) is 4.39 Å². The maximum Gasteiger partial charge on any atom is 0.127 e. The van der Waals surface area contributed by atoms with E-state index in [9.17, 15) is 4.39 Å². The maximum atomic E-state index is 13.7. The number of nitriles is 1. The van der Waals surface area contributed by atoms with Crippen LogP contribution in [0.1, 0.15) is 25.0 Å². The van der Waals surface area contributed by atoms with E-state index in [1.165, 1.54) is 12.1 Å². The number of hydrogen-bond donors (Lipinski definition) is 0. The lowest BCUT2D eigenvalue weighted by Crippen LogP contribution is -2.46. The minimum atomic E-state index is -0.250. The van der Waals surface area contributed by atoms with Crippen molar-refractivity contribution in [3.05, 3.63) is 35.1 Å². The molecule has 3 nitrogen and oxygen atoms in total. The zero-order valence-electron chi connectivity index (χ0n) is 10.7. The standard InChI is InChI=1S/C14H17FN2O/c1-10-9-18-11(2)7-17(10)8-13-5-12(6-16)3-4-14(13)15/h3-5,10-11H,7-9H2,1-2H3/t10-,11-/m1/s1. The summed E-state index contributed by atoms with van der Waals surface area (Å²) in [6.07, 6.45) is 0.170. The Morgan fingerprint density at radius 3 is 3.00 bits per heavy atom. The van der Waals surface area contributed by atoms with Gasteiger partial charge in [-0.1, -0.05) is 0 Å². The van der Waals surface area contributed by atoms with Crippen molar-refractivity contribution in [2.75, 3.05) is 13.2 Å². The van der Waals surface area contributed by atoms with Crippen molar-refractivity contribution >= 4 is 0 Å². The Labute approximate surface area is 107 Å². The van der Waals surface area contributed by atoms with Gasteiger partial charge in [-0.05, 0) is 32.0 Å². The van der Waals surface area contributed by atoms with Gasteiger partial charge in [-0.2, -0.15) is 5.26 Å². The Bertz CT molecular complexity index is 469. The molecule has 18 heavy (non-hydrogen) atoms. The molecule has 0 amide bonds. The summed E-state index contributed by atoms with van der Waals surface area (Å²) in [5.74, 6) is -0.250. The van der Waals surface area contributed by atoms with Gasteiger partial charge in [0.05, 0.1) is 24.3 Å². The van der Waals surface area contributed by atoms with Crippen molar-refractivity contribution in [3.8, 4) is 6.07 Å². The van der Waals surface area contributed by atoms with Crippen molar-refractivity contribution in [1.82, 2.24) is 4.90 Å². The molecule has 0 saturated carbocycles. The molecule has 1 aromatic rings. The lowest BCUT2D eigenvalue weighted by Gasteiger charge is -2.36. The summed E-state index contributed by atoms with van der Waals surface area (Å²) in [7, 11) is 0. The van der Waals surface area contributed by atoms with Crippen molar-refractivity contribution in [1.29, 1.82) is 5.26 Å². The van der Waals surface area contributed by atoms with Gasteiger partial charge in [0, 0.05) is 24.7 Å². The van der Waals surface area contributed by atoms with Gasteiger partial charge in [0.2, 0.25) is 0 Å². The average Bonchev–Trinajstić information content (AvgIpc) is 2.36. The fourth-order valence-electron chi connectivity index (χ4n) is 2.18. The first-order valence-electron chi connectivity index (χ1n) is 6.14. The molecule has 0 radical (unpaired) electrons. The van der Waals surface area contributed by atoms with E-state index >= 15 is 0 Å². The summed E-state index contributed by atoms with van der Waals surface area (Å²) in [6, 6.07) is 6.81. The van der Waals surface area contributed by atoms with Crippen LogP contribution in [0.2, 0.25) is 0 Å². The predicted octanol–water partition coefficient (Wildman–Crippen LogP) is 2.31. The summed E-state index contributed by atoms with van der Waals surface area (Å²) in [4.78, 5) is 2.19. The molecule has 2 atom stereocenters. The van der Waals surface area contributed by atoms with Gasteiger partial charge >= 0.3 is 0 Å². The van der Waals surface area contributed by atoms with E-state index in [-0.39, 0.29) is 18.0 Å². The highest BCUT2D eigenvalue weighted by Crippen LogP contribution is 2.18. The molecular formula is C14H17FN2O. The summed E-state index contributed by atoms with van der Waals surface area (Å²) in [5, 5.41) is 8.85. The Morgan fingerprint density at radius 2 is 2.28 bits per heavy atom. The van der Waals surface area contributed by atoms with Crippen LogP contribution in [0, 0.1) is 17.1 Å². The van der Waals surface area contributed by atoms with E-state index in [4.69, 9.17) is 10.00 Å². The smallest absolute Gasteiger partial charge is 0.127 e. The van der Waals surface area contributed by atoms with Crippen LogP contribution >= 0.6 is 0 Å². The van der Waals surface area contributed by atoms with Gasteiger partial charge in [0.25, 0.3) is 0 Å². The second-order valence-electron chi connectivity index (χ2n) is 4.84. The van der Waals surface area contributed by atoms with Crippen LogP contribution in [0.5, 0.6) is 0 Å². The Hall–Kier alpha value is -1.44.